The van der Waals surface area contributed by atoms with Crippen molar-refractivity contribution < 1.29 is 0 Å². The molecule has 29 heavy (non-hydrogen) atoms. The molecule has 7 nitrogen and oxygen atoms in total. The predicted molar refractivity (Wildman–Crippen MR) is 118 cm³/mol. The van der Waals surface area contributed by atoms with Crippen LogP contribution in [-0.2, 0) is 0 Å². The number of nitrogen functional groups attached to an aromatic ring is 1. The Kier molecular flexibility index (Phi) is 5.40. The number of aromatic nitrogens is 3. The third-order valence-corrected chi connectivity index (χ3v) is 5.84. The van der Waals surface area contributed by atoms with Gasteiger partial charge in [0.1, 0.15) is 18.0 Å². The van der Waals surface area contributed by atoms with Gasteiger partial charge in [-0.1, -0.05) is 6.07 Å². The largest absolute Gasteiger partial charge is 0.383 e. The molecule has 150 valence electrons. The minimum Gasteiger partial charge on any atom is -0.383 e. The number of rotatable bonds is 5. The molecule has 0 amide bonds. The van der Waals surface area contributed by atoms with Gasteiger partial charge in [0.25, 0.3) is 0 Å². The molecule has 0 spiro atoms. The number of anilines is 2. The van der Waals surface area contributed by atoms with Gasteiger partial charge in [0.15, 0.2) is 0 Å². The summed E-state index contributed by atoms with van der Waals surface area (Å²) in [7, 11) is 4.32. The van der Waals surface area contributed by atoms with Crippen LogP contribution in [0.15, 0.2) is 36.8 Å². The molecule has 1 aliphatic rings. The van der Waals surface area contributed by atoms with Gasteiger partial charge in [-0.3, -0.25) is 0 Å². The molecule has 2 heterocycles. The zero-order valence-electron chi connectivity index (χ0n) is 16.9. The lowest BCUT2D eigenvalue weighted by Crippen LogP contribution is -2.36. The van der Waals surface area contributed by atoms with Gasteiger partial charge in [-0.25, -0.2) is 15.0 Å². The minimum atomic E-state index is 0.364. The highest BCUT2D eigenvalue weighted by atomic mass is 15.1. The van der Waals surface area contributed by atoms with E-state index in [0.717, 1.165) is 40.7 Å². The normalized spacial score (nSPS) is 19.4. The van der Waals surface area contributed by atoms with Crippen molar-refractivity contribution in [3.8, 4) is 11.1 Å². The van der Waals surface area contributed by atoms with E-state index in [1.165, 1.54) is 19.1 Å². The Balaban J connectivity index is 1.62. The number of benzene rings is 1. The molecule has 0 atom stereocenters. The van der Waals surface area contributed by atoms with Gasteiger partial charge < -0.3 is 21.4 Å². The Hall–Kier alpha value is -3.06. The molecular formula is C22H27N7. The highest BCUT2D eigenvalue weighted by Gasteiger charge is 2.23. The van der Waals surface area contributed by atoms with Crippen LogP contribution < -0.4 is 11.1 Å². The average molecular weight is 390 g/mol. The molecule has 0 radical (unpaired) electrons. The summed E-state index contributed by atoms with van der Waals surface area (Å²) in [5.74, 6) is 1.24. The van der Waals surface area contributed by atoms with Crippen LogP contribution in [0.4, 0.5) is 11.6 Å². The van der Waals surface area contributed by atoms with E-state index in [0.29, 0.717) is 23.5 Å². The fourth-order valence-corrected chi connectivity index (χ4v) is 4.05. The van der Waals surface area contributed by atoms with E-state index >= 15 is 0 Å². The number of hydrogen-bond donors (Lipinski definition) is 3. The van der Waals surface area contributed by atoms with Crippen molar-refractivity contribution >= 4 is 28.8 Å². The summed E-state index contributed by atoms with van der Waals surface area (Å²) in [4.78, 5) is 15.5. The summed E-state index contributed by atoms with van der Waals surface area (Å²) in [5.41, 5.74) is 9.27. The van der Waals surface area contributed by atoms with Crippen LogP contribution in [0, 0.1) is 5.41 Å². The van der Waals surface area contributed by atoms with E-state index in [4.69, 9.17) is 11.1 Å². The molecule has 4 rings (SSSR count). The van der Waals surface area contributed by atoms with Gasteiger partial charge in [0.2, 0.25) is 0 Å². The molecule has 2 aromatic heterocycles. The van der Waals surface area contributed by atoms with Gasteiger partial charge in [0, 0.05) is 41.0 Å². The highest BCUT2D eigenvalue weighted by molar-refractivity contribution is 5.93. The maximum atomic E-state index is 7.51. The molecule has 1 aliphatic carbocycles. The summed E-state index contributed by atoms with van der Waals surface area (Å²) in [5, 5.41) is 12.2. The summed E-state index contributed by atoms with van der Waals surface area (Å²) in [6.45, 7) is 0. The van der Waals surface area contributed by atoms with Gasteiger partial charge in [-0.15, -0.1) is 0 Å². The maximum absolute atomic E-state index is 7.51. The maximum Gasteiger partial charge on any atom is 0.137 e. The topological polar surface area (TPSA) is 104 Å². The monoisotopic (exact) mass is 389 g/mol. The number of hydrogen-bond acceptors (Lipinski definition) is 7. The number of pyridine rings is 1. The summed E-state index contributed by atoms with van der Waals surface area (Å²) >= 11 is 0. The highest BCUT2D eigenvalue weighted by Crippen LogP contribution is 2.30. The molecule has 0 unspecified atom stereocenters. The third kappa shape index (κ3) is 4.05. The predicted octanol–water partition coefficient (Wildman–Crippen LogP) is 3.56. The first-order valence-electron chi connectivity index (χ1n) is 9.99. The van der Waals surface area contributed by atoms with Crippen molar-refractivity contribution in [1.29, 1.82) is 5.41 Å². The van der Waals surface area contributed by atoms with Crippen LogP contribution in [0.25, 0.3) is 22.0 Å². The van der Waals surface area contributed by atoms with Gasteiger partial charge in [0.05, 0.1) is 5.52 Å². The number of nitrogens with one attached hydrogen (secondary N) is 2. The van der Waals surface area contributed by atoms with Crippen LogP contribution in [-0.4, -0.2) is 52.2 Å². The van der Waals surface area contributed by atoms with E-state index in [2.05, 4.69) is 45.3 Å². The van der Waals surface area contributed by atoms with Gasteiger partial charge in [-0.2, -0.15) is 0 Å². The van der Waals surface area contributed by atoms with Gasteiger partial charge >= 0.3 is 0 Å². The third-order valence-electron chi connectivity index (χ3n) is 5.84. The lowest BCUT2D eigenvalue weighted by Gasteiger charge is -2.33. The average Bonchev–Trinajstić information content (AvgIpc) is 2.74. The summed E-state index contributed by atoms with van der Waals surface area (Å²) in [6.07, 6.45) is 9.26. The zero-order chi connectivity index (χ0) is 20.4. The molecule has 1 saturated carbocycles. The Labute approximate surface area is 170 Å². The number of nitrogens with two attached hydrogens (primary N) is 1. The molecule has 1 aromatic carbocycles. The first kappa shape index (κ1) is 19.3. The molecule has 4 N–H and O–H groups in total. The molecule has 0 aliphatic heterocycles. The molecular weight excluding hydrogens is 362 g/mol. The fourth-order valence-electron chi connectivity index (χ4n) is 4.05. The quantitative estimate of drug-likeness (QED) is 0.577. The molecule has 7 heteroatoms. The second-order valence-corrected chi connectivity index (χ2v) is 7.91. The summed E-state index contributed by atoms with van der Waals surface area (Å²) < 4.78 is 0. The van der Waals surface area contributed by atoms with E-state index in [1.807, 2.05) is 18.2 Å². The minimum absolute atomic E-state index is 0.364. The SMILES string of the molecule is CN(C)C1CCC(Nc2ncnc3ccc(-c4cnc(N)c(C=N)c4)cc23)CC1. The molecule has 1 fully saturated rings. The van der Waals surface area contributed by atoms with Crippen LogP contribution in [0.2, 0.25) is 0 Å². The van der Waals surface area contributed by atoms with E-state index < -0.39 is 0 Å². The molecule has 0 bridgehead atoms. The number of nitrogens with zero attached hydrogens (tertiary/aromatic N) is 4. The Bertz CT molecular complexity index is 1020. The van der Waals surface area contributed by atoms with Crippen LogP contribution >= 0.6 is 0 Å². The van der Waals surface area contributed by atoms with Crippen molar-refractivity contribution in [2.75, 3.05) is 25.1 Å². The van der Waals surface area contributed by atoms with Crippen molar-refractivity contribution in [2.24, 2.45) is 0 Å². The Morgan fingerprint density at radius 1 is 1.07 bits per heavy atom. The van der Waals surface area contributed by atoms with E-state index in [1.54, 1.807) is 12.5 Å². The number of fused-ring (bicyclic) bond motifs is 1. The first-order chi connectivity index (χ1) is 14.0. The Morgan fingerprint density at radius 3 is 2.59 bits per heavy atom. The smallest absolute Gasteiger partial charge is 0.137 e. The van der Waals surface area contributed by atoms with Crippen molar-refractivity contribution in [2.45, 2.75) is 37.8 Å². The molecule has 3 aromatic rings. The van der Waals surface area contributed by atoms with Crippen molar-refractivity contribution in [3.05, 3.63) is 42.4 Å². The lowest BCUT2D eigenvalue weighted by atomic mass is 9.90. The second kappa shape index (κ2) is 8.13. The van der Waals surface area contributed by atoms with E-state index in [-0.39, 0.29) is 0 Å². The van der Waals surface area contributed by atoms with Crippen LogP contribution in [0.3, 0.4) is 0 Å². The van der Waals surface area contributed by atoms with Crippen LogP contribution in [0.5, 0.6) is 0 Å². The standard InChI is InChI=1S/C22H27N7/c1-29(2)18-6-4-17(5-7-18)28-22-19-10-14(3-8-20(19)26-13-27-22)16-9-15(11-23)21(24)25-12-16/h3,8-13,17-18,23H,4-7H2,1-2H3,(H2,24,25)(H,26,27,28). The van der Waals surface area contributed by atoms with Crippen molar-refractivity contribution in [1.82, 2.24) is 19.9 Å². The second-order valence-electron chi connectivity index (χ2n) is 7.91. The first-order valence-corrected chi connectivity index (χ1v) is 9.99. The summed E-state index contributed by atoms with van der Waals surface area (Å²) in [6, 6.07) is 9.09. The van der Waals surface area contributed by atoms with Gasteiger partial charge in [-0.05, 0) is 63.5 Å². The van der Waals surface area contributed by atoms with E-state index in [9.17, 15) is 0 Å². The Morgan fingerprint density at radius 2 is 1.86 bits per heavy atom. The zero-order valence-corrected chi connectivity index (χ0v) is 16.9. The lowest BCUT2D eigenvalue weighted by molar-refractivity contribution is 0.221. The fraction of sp³-hybridized carbons (Fsp3) is 0.364. The van der Waals surface area contributed by atoms with Crippen LogP contribution in [0.1, 0.15) is 31.2 Å². The van der Waals surface area contributed by atoms with Crippen molar-refractivity contribution in [3.63, 3.8) is 0 Å². The molecule has 0 saturated heterocycles.